The van der Waals surface area contributed by atoms with E-state index >= 15 is 0 Å². The van der Waals surface area contributed by atoms with Crippen molar-refractivity contribution in [1.82, 2.24) is 0 Å². The molecule has 0 fully saturated rings. The molecule has 0 spiro atoms. The summed E-state index contributed by atoms with van der Waals surface area (Å²) in [5.74, 6) is 0. The predicted octanol–water partition coefficient (Wildman–Crippen LogP) is -5.86. The van der Waals surface area contributed by atoms with E-state index in [2.05, 4.69) is 0 Å². The molecule has 100 valence electrons. The number of hydrogen-bond acceptors (Lipinski definition) is 5. The van der Waals surface area contributed by atoms with Crippen molar-refractivity contribution in [3.8, 4) is 0 Å². The van der Waals surface area contributed by atoms with Crippen LogP contribution in [0.25, 0.3) is 0 Å². The number of halogens is 1. The molecule has 1 atom stereocenters. The van der Waals surface area contributed by atoms with Gasteiger partial charge in [0, 0.05) is 0 Å². The summed E-state index contributed by atoms with van der Waals surface area (Å²) in [6.07, 6.45) is -0.894. The Morgan fingerprint density at radius 3 is 1.44 bits per heavy atom. The molecule has 0 saturated carbocycles. The summed E-state index contributed by atoms with van der Waals surface area (Å²) >= 11 is 0. The fraction of sp³-hybridized carbons (Fsp3) is 1.00. The first-order valence-electron chi connectivity index (χ1n) is 5.10. The second kappa shape index (κ2) is 10.2. The van der Waals surface area contributed by atoms with Gasteiger partial charge < -0.3 is 42.4 Å². The average molecular weight is 260 g/mol. The number of nitrogens with zero attached hydrogens (tertiary/aromatic N) is 1. The van der Waals surface area contributed by atoms with Gasteiger partial charge in [-0.05, 0) is 0 Å². The van der Waals surface area contributed by atoms with Gasteiger partial charge in [-0.15, -0.1) is 0 Å². The van der Waals surface area contributed by atoms with Gasteiger partial charge in [0.25, 0.3) is 0 Å². The Morgan fingerprint density at radius 1 is 0.812 bits per heavy atom. The Bertz CT molecular complexity index is 144. The van der Waals surface area contributed by atoms with Crippen LogP contribution in [0.3, 0.4) is 0 Å². The maximum atomic E-state index is 9.36. The second-order valence-corrected chi connectivity index (χ2v) is 3.70. The second-order valence-electron chi connectivity index (χ2n) is 3.70. The largest absolute Gasteiger partial charge is 1.00 e. The van der Waals surface area contributed by atoms with Crippen molar-refractivity contribution in [2.75, 3.05) is 52.6 Å². The number of rotatable bonds is 9. The Balaban J connectivity index is 0. The van der Waals surface area contributed by atoms with Crippen molar-refractivity contribution in [2.24, 2.45) is 0 Å². The zero-order valence-corrected chi connectivity index (χ0v) is 10.1. The number of aliphatic hydroxyl groups excluding tert-OH is 5. The maximum Gasteiger partial charge on any atom is 0.126 e. The van der Waals surface area contributed by atoms with Crippen molar-refractivity contribution < 1.29 is 42.4 Å². The molecule has 0 radical (unpaired) electrons. The molecule has 0 aromatic heterocycles. The Labute approximate surface area is 102 Å². The molecule has 0 rings (SSSR count). The summed E-state index contributed by atoms with van der Waals surface area (Å²) in [4.78, 5) is 0. The highest BCUT2D eigenvalue weighted by atomic mass is 35.5. The third kappa shape index (κ3) is 6.59. The summed E-state index contributed by atoms with van der Waals surface area (Å²) in [5.41, 5.74) is 0. The standard InChI is InChI=1S/C9H22NO5.ClH/c11-4-1-10(2-5-12,3-6-13)7-9(15)8-14;/h9,11-15H,1-8H2;1H/q+1;/p-1. The molecule has 0 saturated heterocycles. The van der Waals surface area contributed by atoms with E-state index in [1.807, 2.05) is 0 Å². The Hall–Kier alpha value is 0.0500. The van der Waals surface area contributed by atoms with Crippen LogP contribution in [0.2, 0.25) is 0 Å². The van der Waals surface area contributed by atoms with Gasteiger partial charge in [-0.1, -0.05) is 0 Å². The molecule has 0 aliphatic rings. The van der Waals surface area contributed by atoms with Crippen molar-refractivity contribution in [1.29, 1.82) is 0 Å². The molecule has 0 aliphatic carbocycles. The van der Waals surface area contributed by atoms with Crippen LogP contribution in [0, 0.1) is 0 Å². The zero-order chi connectivity index (χ0) is 11.7. The molecule has 0 amide bonds. The zero-order valence-electron chi connectivity index (χ0n) is 9.30. The summed E-state index contributed by atoms with van der Waals surface area (Å²) in [7, 11) is 0. The molecule has 7 heteroatoms. The van der Waals surface area contributed by atoms with Gasteiger partial charge in [-0.3, -0.25) is 0 Å². The van der Waals surface area contributed by atoms with E-state index in [4.69, 9.17) is 20.4 Å². The lowest BCUT2D eigenvalue weighted by Crippen LogP contribution is -3.00. The number of aliphatic hydroxyl groups is 5. The van der Waals surface area contributed by atoms with Crippen LogP contribution in [0.4, 0.5) is 0 Å². The summed E-state index contributed by atoms with van der Waals surface area (Å²) < 4.78 is 0.214. The van der Waals surface area contributed by atoms with Crippen molar-refractivity contribution in [3.05, 3.63) is 0 Å². The highest BCUT2D eigenvalue weighted by Gasteiger charge is 2.28. The monoisotopic (exact) mass is 259 g/mol. The van der Waals surface area contributed by atoms with Gasteiger partial charge >= 0.3 is 0 Å². The third-order valence-corrected chi connectivity index (χ3v) is 2.53. The molecule has 16 heavy (non-hydrogen) atoms. The lowest BCUT2D eigenvalue weighted by atomic mass is 10.2. The molecular weight excluding hydrogens is 238 g/mol. The molecular formula is C9H22ClNO5. The van der Waals surface area contributed by atoms with Gasteiger partial charge in [-0.2, -0.15) is 0 Å². The van der Waals surface area contributed by atoms with E-state index in [-0.39, 0.29) is 49.9 Å². The van der Waals surface area contributed by atoms with Crippen LogP contribution in [0.15, 0.2) is 0 Å². The molecule has 5 N–H and O–H groups in total. The molecule has 0 aromatic rings. The number of quaternary nitrogens is 1. The quantitative estimate of drug-likeness (QED) is 0.266. The maximum absolute atomic E-state index is 9.36. The van der Waals surface area contributed by atoms with E-state index in [1.54, 1.807) is 0 Å². The molecule has 0 bridgehead atoms. The molecule has 6 nitrogen and oxygen atoms in total. The molecule has 1 unspecified atom stereocenters. The lowest BCUT2D eigenvalue weighted by molar-refractivity contribution is -0.931. The minimum Gasteiger partial charge on any atom is -1.00 e. The fourth-order valence-corrected chi connectivity index (χ4v) is 1.75. The topological polar surface area (TPSA) is 101 Å². The molecule has 0 aromatic carbocycles. The molecule has 0 aliphatic heterocycles. The first-order valence-corrected chi connectivity index (χ1v) is 5.10. The van der Waals surface area contributed by atoms with Crippen molar-refractivity contribution >= 4 is 0 Å². The lowest BCUT2D eigenvalue weighted by Gasteiger charge is -2.38. The first-order chi connectivity index (χ1) is 7.14. The smallest absolute Gasteiger partial charge is 0.126 e. The van der Waals surface area contributed by atoms with E-state index in [1.165, 1.54) is 0 Å². The van der Waals surface area contributed by atoms with Crippen LogP contribution in [0.5, 0.6) is 0 Å². The normalized spacial score (nSPS) is 13.3. The minimum atomic E-state index is -0.894. The Morgan fingerprint density at radius 2 is 1.19 bits per heavy atom. The highest BCUT2D eigenvalue weighted by molar-refractivity contribution is 4.54. The van der Waals surface area contributed by atoms with Crippen molar-refractivity contribution in [2.45, 2.75) is 6.10 Å². The van der Waals surface area contributed by atoms with Crippen LogP contribution in [0.1, 0.15) is 0 Å². The predicted molar refractivity (Wildman–Crippen MR) is 54.1 cm³/mol. The van der Waals surface area contributed by atoms with Gasteiger partial charge in [0.1, 0.15) is 32.3 Å². The molecule has 0 heterocycles. The van der Waals surface area contributed by atoms with E-state index in [0.29, 0.717) is 19.6 Å². The van der Waals surface area contributed by atoms with E-state index in [9.17, 15) is 5.11 Å². The van der Waals surface area contributed by atoms with Crippen LogP contribution in [-0.2, 0) is 0 Å². The summed E-state index contributed by atoms with van der Waals surface area (Å²) in [6.45, 7) is 0.642. The van der Waals surface area contributed by atoms with Gasteiger partial charge in [0.05, 0.1) is 26.4 Å². The van der Waals surface area contributed by atoms with Crippen LogP contribution < -0.4 is 12.4 Å². The fourth-order valence-electron chi connectivity index (χ4n) is 1.75. The van der Waals surface area contributed by atoms with E-state index < -0.39 is 6.10 Å². The average Bonchev–Trinajstić information content (AvgIpc) is 2.18. The summed E-state index contributed by atoms with van der Waals surface area (Å²) in [5, 5.41) is 44.9. The van der Waals surface area contributed by atoms with E-state index in [0.717, 1.165) is 0 Å². The van der Waals surface area contributed by atoms with Crippen LogP contribution >= 0.6 is 0 Å². The van der Waals surface area contributed by atoms with Gasteiger partial charge in [0.15, 0.2) is 0 Å². The third-order valence-electron chi connectivity index (χ3n) is 2.53. The SMILES string of the molecule is OCC[N+](CCO)(CCO)CC(O)CO.[Cl-]. The van der Waals surface area contributed by atoms with Gasteiger partial charge in [0.2, 0.25) is 0 Å². The van der Waals surface area contributed by atoms with Crippen molar-refractivity contribution in [3.63, 3.8) is 0 Å². The first kappa shape index (κ1) is 18.4. The van der Waals surface area contributed by atoms with Gasteiger partial charge in [-0.25, -0.2) is 0 Å². The Kier molecular flexibility index (Phi) is 11.8. The van der Waals surface area contributed by atoms with Crippen LogP contribution in [-0.4, -0.2) is 88.7 Å². The minimum absolute atomic E-state index is 0. The summed E-state index contributed by atoms with van der Waals surface area (Å²) in [6, 6.07) is 0. The number of hydrogen-bond donors (Lipinski definition) is 5. The highest BCUT2D eigenvalue weighted by Crippen LogP contribution is 2.07.